The van der Waals surface area contributed by atoms with E-state index in [1.807, 2.05) is 19.1 Å². The fraction of sp³-hybridized carbons (Fsp3) is 0.619. The molecule has 0 bridgehead atoms. The van der Waals surface area contributed by atoms with Crippen molar-refractivity contribution >= 4 is 17.2 Å². The van der Waals surface area contributed by atoms with E-state index in [2.05, 4.69) is 13.0 Å². The van der Waals surface area contributed by atoms with Gasteiger partial charge in [0.2, 0.25) is 0 Å². The van der Waals surface area contributed by atoms with Gasteiger partial charge in [0.1, 0.15) is 5.82 Å². The first kappa shape index (κ1) is 17.0. The fourth-order valence-corrected chi connectivity index (χ4v) is 4.70. The van der Waals surface area contributed by atoms with Crippen molar-refractivity contribution in [1.29, 1.82) is 0 Å². The molecule has 126 valence electrons. The highest BCUT2D eigenvalue weighted by Crippen LogP contribution is 2.42. The second kappa shape index (κ2) is 7.38. The Labute approximate surface area is 145 Å². The SMILES string of the molecule is CCc1ccc(C2=CCC(C3CCC(C)CC3)CC2)c(Cl)c1F. The van der Waals surface area contributed by atoms with Gasteiger partial charge in [-0.15, -0.1) is 0 Å². The Hall–Kier alpha value is -0.820. The molecule has 2 heteroatoms. The molecule has 1 fully saturated rings. The van der Waals surface area contributed by atoms with Crippen LogP contribution in [0.15, 0.2) is 18.2 Å². The Morgan fingerprint density at radius 1 is 1.09 bits per heavy atom. The van der Waals surface area contributed by atoms with E-state index in [0.717, 1.165) is 36.2 Å². The molecular weight excluding hydrogens is 307 g/mol. The number of rotatable bonds is 3. The van der Waals surface area contributed by atoms with E-state index in [4.69, 9.17) is 11.6 Å². The van der Waals surface area contributed by atoms with Crippen LogP contribution in [0.1, 0.15) is 69.9 Å². The summed E-state index contributed by atoms with van der Waals surface area (Å²) < 4.78 is 14.3. The second-order valence-electron chi connectivity index (χ2n) is 7.54. The highest BCUT2D eigenvalue weighted by Gasteiger charge is 2.28. The molecule has 1 aromatic rings. The van der Waals surface area contributed by atoms with E-state index in [0.29, 0.717) is 17.0 Å². The molecule has 0 radical (unpaired) electrons. The Bertz CT molecular complexity index is 582. The van der Waals surface area contributed by atoms with Gasteiger partial charge in [-0.3, -0.25) is 0 Å². The van der Waals surface area contributed by atoms with Crippen molar-refractivity contribution in [1.82, 2.24) is 0 Å². The highest BCUT2D eigenvalue weighted by atomic mass is 35.5. The van der Waals surface area contributed by atoms with Crippen molar-refractivity contribution in [3.05, 3.63) is 40.2 Å². The minimum Gasteiger partial charge on any atom is -0.205 e. The number of aryl methyl sites for hydroxylation is 1. The van der Waals surface area contributed by atoms with Crippen LogP contribution in [-0.4, -0.2) is 0 Å². The Morgan fingerprint density at radius 3 is 2.43 bits per heavy atom. The number of halogens is 2. The Morgan fingerprint density at radius 2 is 1.83 bits per heavy atom. The van der Waals surface area contributed by atoms with Crippen LogP contribution >= 0.6 is 11.6 Å². The minimum absolute atomic E-state index is 0.226. The molecule has 1 aromatic carbocycles. The smallest absolute Gasteiger partial charge is 0.145 e. The molecule has 0 amide bonds. The first-order chi connectivity index (χ1) is 11.1. The average Bonchev–Trinajstić information content (AvgIpc) is 2.58. The largest absolute Gasteiger partial charge is 0.205 e. The van der Waals surface area contributed by atoms with Crippen LogP contribution in [-0.2, 0) is 6.42 Å². The van der Waals surface area contributed by atoms with Gasteiger partial charge in [-0.05, 0) is 73.0 Å². The summed E-state index contributed by atoms with van der Waals surface area (Å²) in [6.07, 6.45) is 12.0. The van der Waals surface area contributed by atoms with Crippen molar-refractivity contribution in [2.75, 3.05) is 0 Å². The summed E-state index contributed by atoms with van der Waals surface area (Å²) in [4.78, 5) is 0. The van der Waals surface area contributed by atoms with E-state index in [1.165, 1.54) is 37.7 Å². The summed E-state index contributed by atoms with van der Waals surface area (Å²) in [7, 11) is 0. The molecule has 0 spiro atoms. The third-order valence-electron chi connectivity index (χ3n) is 6.07. The topological polar surface area (TPSA) is 0 Å². The summed E-state index contributed by atoms with van der Waals surface area (Å²) in [6, 6.07) is 3.91. The van der Waals surface area contributed by atoms with Crippen molar-refractivity contribution in [3.63, 3.8) is 0 Å². The van der Waals surface area contributed by atoms with E-state index >= 15 is 0 Å². The standard InChI is InChI=1S/C21H28ClF/c1-3-15-12-13-19(20(22)21(15)23)18-10-8-17(9-11-18)16-6-4-14(2)5-7-16/h10,12-14,16-17H,3-9,11H2,1-2H3. The van der Waals surface area contributed by atoms with Crippen LogP contribution in [0.2, 0.25) is 5.02 Å². The summed E-state index contributed by atoms with van der Waals surface area (Å²) >= 11 is 6.30. The van der Waals surface area contributed by atoms with Gasteiger partial charge in [-0.1, -0.05) is 56.5 Å². The number of benzene rings is 1. The third kappa shape index (κ3) is 3.65. The quantitative estimate of drug-likeness (QED) is 0.555. The van der Waals surface area contributed by atoms with Crippen LogP contribution in [0.3, 0.4) is 0 Å². The summed E-state index contributed by atoms with van der Waals surface area (Å²) in [5.41, 5.74) is 2.87. The van der Waals surface area contributed by atoms with Crippen molar-refractivity contribution in [2.45, 2.75) is 65.2 Å². The fourth-order valence-electron chi connectivity index (χ4n) is 4.39. The van der Waals surface area contributed by atoms with Crippen LogP contribution in [0.25, 0.3) is 5.57 Å². The molecule has 0 aliphatic heterocycles. The normalized spacial score (nSPS) is 28.5. The zero-order valence-corrected chi connectivity index (χ0v) is 15.1. The summed E-state index contributed by atoms with van der Waals surface area (Å²) in [6.45, 7) is 4.34. The van der Waals surface area contributed by atoms with Crippen LogP contribution < -0.4 is 0 Å². The first-order valence-corrected chi connectivity index (χ1v) is 9.64. The number of hydrogen-bond donors (Lipinski definition) is 0. The summed E-state index contributed by atoms with van der Waals surface area (Å²) in [5, 5.41) is 0.320. The van der Waals surface area contributed by atoms with Gasteiger partial charge in [0, 0.05) is 0 Å². The molecule has 0 heterocycles. The van der Waals surface area contributed by atoms with Gasteiger partial charge < -0.3 is 0 Å². The van der Waals surface area contributed by atoms with Crippen molar-refractivity contribution in [2.24, 2.45) is 17.8 Å². The van der Waals surface area contributed by atoms with Crippen LogP contribution in [0.5, 0.6) is 0 Å². The van der Waals surface area contributed by atoms with E-state index in [-0.39, 0.29) is 5.82 Å². The maximum absolute atomic E-state index is 14.3. The zero-order chi connectivity index (χ0) is 16.4. The molecule has 2 aliphatic carbocycles. The van der Waals surface area contributed by atoms with E-state index in [9.17, 15) is 4.39 Å². The van der Waals surface area contributed by atoms with Gasteiger partial charge in [0.05, 0.1) is 5.02 Å². The zero-order valence-electron chi connectivity index (χ0n) is 14.4. The van der Waals surface area contributed by atoms with Gasteiger partial charge in [-0.2, -0.15) is 0 Å². The maximum atomic E-state index is 14.3. The molecule has 2 aliphatic rings. The average molecular weight is 335 g/mol. The van der Waals surface area contributed by atoms with Gasteiger partial charge >= 0.3 is 0 Å². The molecule has 0 N–H and O–H groups in total. The molecule has 0 saturated heterocycles. The lowest BCUT2D eigenvalue weighted by Crippen LogP contribution is -2.22. The molecule has 1 saturated carbocycles. The molecular formula is C21H28ClF. The summed E-state index contributed by atoms with van der Waals surface area (Å²) in [5.74, 6) is 2.42. The van der Waals surface area contributed by atoms with Crippen molar-refractivity contribution < 1.29 is 4.39 Å². The maximum Gasteiger partial charge on any atom is 0.145 e. The minimum atomic E-state index is -0.226. The predicted octanol–water partition coefficient (Wildman–Crippen LogP) is 7.05. The second-order valence-corrected chi connectivity index (χ2v) is 7.92. The lowest BCUT2D eigenvalue weighted by Gasteiger charge is -2.34. The monoisotopic (exact) mass is 334 g/mol. The number of hydrogen-bond acceptors (Lipinski definition) is 0. The lowest BCUT2D eigenvalue weighted by molar-refractivity contribution is 0.202. The third-order valence-corrected chi connectivity index (χ3v) is 6.44. The van der Waals surface area contributed by atoms with Gasteiger partial charge in [0.25, 0.3) is 0 Å². The molecule has 3 rings (SSSR count). The van der Waals surface area contributed by atoms with E-state index in [1.54, 1.807) is 0 Å². The lowest BCUT2D eigenvalue weighted by atomic mass is 9.71. The Kier molecular flexibility index (Phi) is 5.46. The highest BCUT2D eigenvalue weighted by molar-refractivity contribution is 6.32. The Balaban J connectivity index is 1.71. The van der Waals surface area contributed by atoms with Crippen LogP contribution in [0, 0.1) is 23.6 Å². The first-order valence-electron chi connectivity index (χ1n) is 9.26. The van der Waals surface area contributed by atoms with Crippen molar-refractivity contribution in [3.8, 4) is 0 Å². The number of allylic oxidation sites excluding steroid dienone is 2. The van der Waals surface area contributed by atoms with Gasteiger partial charge in [0.15, 0.2) is 0 Å². The molecule has 1 atom stereocenters. The van der Waals surface area contributed by atoms with E-state index < -0.39 is 0 Å². The molecule has 0 aromatic heterocycles. The molecule has 23 heavy (non-hydrogen) atoms. The molecule has 0 nitrogen and oxygen atoms in total. The van der Waals surface area contributed by atoms with Gasteiger partial charge in [-0.25, -0.2) is 4.39 Å². The van der Waals surface area contributed by atoms with Crippen LogP contribution in [0.4, 0.5) is 4.39 Å². The molecule has 1 unspecified atom stereocenters. The predicted molar refractivity (Wildman–Crippen MR) is 97.2 cm³/mol.